The van der Waals surface area contributed by atoms with Crippen LogP contribution in [0.5, 0.6) is 0 Å². The van der Waals surface area contributed by atoms with Crippen LogP contribution in [-0.4, -0.2) is 33.3 Å². The third-order valence-corrected chi connectivity index (χ3v) is 2.94. The summed E-state index contributed by atoms with van der Waals surface area (Å²) in [6.45, 7) is 2.46. The van der Waals surface area contributed by atoms with Crippen molar-refractivity contribution >= 4 is 5.97 Å². The molecule has 4 heteroatoms. The zero-order valence-electron chi connectivity index (χ0n) is 11.8. The van der Waals surface area contributed by atoms with Crippen LogP contribution in [0.4, 0.5) is 0 Å². The number of rotatable bonds is 9. The molecule has 19 heavy (non-hydrogen) atoms. The van der Waals surface area contributed by atoms with E-state index in [1.165, 1.54) is 7.11 Å². The van der Waals surface area contributed by atoms with Crippen LogP contribution in [0.1, 0.15) is 35.2 Å². The van der Waals surface area contributed by atoms with Crippen LogP contribution < -0.4 is 5.32 Å². The van der Waals surface area contributed by atoms with Crippen LogP contribution in [-0.2, 0) is 16.0 Å². The number of nitrogens with one attached hydrogen (secondary N) is 1. The fourth-order valence-corrected chi connectivity index (χ4v) is 1.88. The van der Waals surface area contributed by atoms with E-state index in [4.69, 9.17) is 9.47 Å². The zero-order chi connectivity index (χ0) is 13.9. The number of ether oxygens (including phenoxy) is 2. The highest BCUT2D eigenvalue weighted by molar-refractivity contribution is 5.90. The van der Waals surface area contributed by atoms with Crippen molar-refractivity contribution in [2.45, 2.75) is 25.8 Å². The molecule has 0 bridgehead atoms. The van der Waals surface area contributed by atoms with E-state index in [1.807, 2.05) is 18.2 Å². The lowest BCUT2D eigenvalue weighted by Crippen LogP contribution is -2.17. The Bertz CT molecular complexity index is 379. The summed E-state index contributed by atoms with van der Waals surface area (Å²) < 4.78 is 9.77. The highest BCUT2D eigenvalue weighted by Gasteiger charge is 2.09. The van der Waals surface area contributed by atoms with Crippen molar-refractivity contribution in [3.63, 3.8) is 0 Å². The lowest BCUT2D eigenvalue weighted by Gasteiger charge is -2.09. The molecule has 0 saturated carbocycles. The van der Waals surface area contributed by atoms with Gasteiger partial charge in [0.05, 0.1) is 12.7 Å². The lowest BCUT2D eigenvalue weighted by molar-refractivity contribution is 0.0599. The van der Waals surface area contributed by atoms with Gasteiger partial charge in [-0.2, -0.15) is 0 Å². The van der Waals surface area contributed by atoms with Crippen LogP contribution in [0.25, 0.3) is 0 Å². The minimum atomic E-state index is -0.280. The van der Waals surface area contributed by atoms with Gasteiger partial charge < -0.3 is 14.8 Å². The summed E-state index contributed by atoms with van der Waals surface area (Å²) in [5.41, 5.74) is 1.61. The second-order valence-electron chi connectivity index (χ2n) is 4.38. The minimum absolute atomic E-state index is 0.280. The first-order chi connectivity index (χ1) is 9.29. The summed E-state index contributed by atoms with van der Waals surface area (Å²) in [7, 11) is 3.13. The van der Waals surface area contributed by atoms with E-state index in [1.54, 1.807) is 13.2 Å². The molecule has 0 amide bonds. The number of unbranched alkanes of at least 4 members (excludes halogenated alkanes) is 2. The molecule has 1 aromatic carbocycles. The summed E-state index contributed by atoms with van der Waals surface area (Å²) in [4.78, 5) is 11.6. The van der Waals surface area contributed by atoms with Gasteiger partial charge in [0.25, 0.3) is 0 Å². The topological polar surface area (TPSA) is 47.6 Å². The minimum Gasteiger partial charge on any atom is -0.465 e. The number of hydrogen-bond acceptors (Lipinski definition) is 4. The van der Waals surface area contributed by atoms with E-state index in [2.05, 4.69) is 5.32 Å². The second kappa shape index (κ2) is 9.53. The van der Waals surface area contributed by atoms with Crippen LogP contribution in [0.15, 0.2) is 24.3 Å². The molecule has 0 unspecified atom stereocenters. The van der Waals surface area contributed by atoms with Crippen molar-refractivity contribution in [2.24, 2.45) is 0 Å². The SMILES string of the molecule is COCCCCCNCc1ccccc1C(=O)OC. The molecule has 0 spiro atoms. The molecule has 0 aliphatic rings. The van der Waals surface area contributed by atoms with Gasteiger partial charge >= 0.3 is 5.97 Å². The van der Waals surface area contributed by atoms with Gasteiger partial charge in [0.15, 0.2) is 0 Å². The Morgan fingerprint density at radius 3 is 2.68 bits per heavy atom. The molecule has 0 heterocycles. The van der Waals surface area contributed by atoms with E-state index >= 15 is 0 Å². The first-order valence-electron chi connectivity index (χ1n) is 6.65. The monoisotopic (exact) mass is 265 g/mol. The molecule has 1 N–H and O–H groups in total. The van der Waals surface area contributed by atoms with E-state index in [-0.39, 0.29) is 5.97 Å². The third kappa shape index (κ3) is 5.85. The predicted octanol–water partition coefficient (Wildman–Crippen LogP) is 2.38. The number of hydrogen-bond donors (Lipinski definition) is 1. The molecule has 0 radical (unpaired) electrons. The fraction of sp³-hybridized carbons (Fsp3) is 0.533. The van der Waals surface area contributed by atoms with Gasteiger partial charge in [-0.05, 0) is 37.4 Å². The quantitative estimate of drug-likeness (QED) is 0.550. The molecule has 0 aromatic heterocycles. The van der Waals surface area contributed by atoms with Crippen LogP contribution in [0.3, 0.4) is 0 Å². The number of carbonyl (C=O) groups excluding carboxylic acids is 1. The normalized spacial score (nSPS) is 10.4. The average molecular weight is 265 g/mol. The molecule has 0 aliphatic carbocycles. The van der Waals surface area contributed by atoms with Gasteiger partial charge in [-0.15, -0.1) is 0 Å². The summed E-state index contributed by atoms with van der Waals surface area (Å²) in [6.07, 6.45) is 3.36. The molecule has 4 nitrogen and oxygen atoms in total. The Balaban J connectivity index is 2.31. The molecule has 1 aromatic rings. The third-order valence-electron chi connectivity index (χ3n) is 2.94. The molecule has 0 aliphatic heterocycles. The molecular weight excluding hydrogens is 242 g/mol. The standard InChI is InChI=1S/C15H23NO3/c1-18-11-7-3-6-10-16-12-13-8-4-5-9-14(13)15(17)19-2/h4-5,8-9,16H,3,6-7,10-12H2,1-2H3. The first-order valence-corrected chi connectivity index (χ1v) is 6.65. The number of benzene rings is 1. The average Bonchev–Trinajstić information content (AvgIpc) is 2.46. The van der Waals surface area contributed by atoms with Gasteiger partial charge in [0, 0.05) is 20.3 Å². The van der Waals surface area contributed by atoms with E-state index in [0.29, 0.717) is 12.1 Å². The predicted molar refractivity (Wildman–Crippen MR) is 75.2 cm³/mol. The van der Waals surface area contributed by atoms with Gasteiger partial charge in [-0.1, -0.05) is 18.2 Å². The number of carbonyl (C=O) groups is 1. The summed E-state index contributed by atoms with van der Waals surface area (Å²) in [5.74, 6) is -0.280. The molecule has 0 fully saturated rings. The van der Waals surface area contributed by atoms with Crippen molar-refractivity contribution in [2.75, 3.05) is 27.4 Å². The second-order valence-corrected chi connectivity index (χ2v) is 4.38. The number of methoxy groups -OCH3 is 2. The Morgan fingerprint density at radius 1 is 1.16 bits per heavy atom. The van der Waals surface area contributed by atoms with Gasteiger partial charge in [-0.3, -0.25) is 0 Å². The molecular formula is C15H23NO3. The van der Waals surface area contributed by atoms with Crippen molar-refractivity contribution < 1.29 is 14.3 Å². The van der Waals surface area contributed by atoms with Crippen LogP contribution in [0, 0.1) is 0 Å². The summed E-state index contributed by atoms with van der Waals surface area (Å²) in [6, 6.07) is 7.52. The van der Waals surface area contributed by atoms with Crippen molar-refractivity contribution in [1.29, 1.82) is 0 Å². The maximum absolute atomic E-state index is 11.6. The Kier molecular flexibility index (Phi) is 7.86. The van der Waals surface area contributed by atoms with Crippen molar-refractivity contribution in [1.82, 2.24) is 5.32 Å². The molecule has 1 rings (SSSR count). The maximum atomic E-state index is 11.6. The molecule has 0 saturated heterocycles. The van der Waals surface area contributed by atoms with Gasteiger partial charge in [-0.25, -0.2) is 4.79 Å². The van der Waals surface area contributed by atoms with E-state index < -0.39 is 0 Å². The fourth-order valence-electron chi connectivity index (χ4n) is 1.88. The van der Waals surface area contributed by atoms with Gasteiger partial charge in [0.1, 0.15) is 0 Å². The highest BCUT2D eigenvalue weighted by Crippen LogP contribution is 2.09. The first kappa shape index (κ1) is 15.7. The van der Waals surface area contributed by atoms with E-state index in [0.717, 1.165) is 38.0 Å². The van der Waals surface area contributed by atoms with Crippen LogP contribution >= 0.6 is 0 Å². The lowest BCUT2D eigenvalue weighted by atomic mass is 10.1. The number of esters is 1. The Hall–Kier alpha value is -1.39. The van der Waals surface area contributed by atoms with Crippen molar-refractivity contribution in [3.8, 4) is 0 Å². The van der Waals surface area contributed by atoms with Gasteiger partial charge in [0.2, 0.25) is 0 Å². The summed E-state index contributed by atoms with van der Waals surface area (Å²) >= 11 is 0. The smallest absolute Gasteiger partial charge is 0.338 e. The zero-order valence-corrected chi connectivity index (χ0v) is 11.8. The highest BCUT2D eigenvalue weighted by atomic mass is 16.5. The van der Waals surface area contributed by atoms with Crippen molar-refractivity contribution in [3.05, 3.63) is 35.4 Å². The Labute approximate surface area is 115 Å². The maximum Gasteiger partial charge on any atom is 0.338 e. The largest absolute Gasteiger partial charge is 0.465 e. The van der Waals surface area contributed by atoms with E-state index in [9.17, 15) is 4.79 Å². The van der Waals surface area contributed by atoms with Crippen LogP contribution in [0.2, 0.25) is 0 Å². The molecule has 0 atom stereocenters. The summed E-state index contributed by atoms with van der Waals surface area (Å²) in [5, 5.41) is 3.35. The Morgan fingerprint density at radius 2 is 1.95 bits per heavy atom. The molecule has 106 valence electrons.